The Morgan fingerprint density at radius 1 is 1.55 bits per heavy atom. The van der Waals surface area contributed by atoms with Crippen molar-refractivity contribution in [3.8, 4) is 0 Å². The lowest BCUT2D eigenvalue weighted by atomic mass is 9.64. The Labute approximate surface area is 119 Å². The lowest BCUT2D eigenvalue weighted by Crippen LogP contribution is -2.58. The van der Waals surface area contributed by atoms with E-state index in [4.69, 9.17) is 10.5 Å². The zero-order valence-corrected chi connectivity index (χ0v) is 12.1. The Hall–Kier alpha value is -1.75. The van der Waals surface area contributed by atoms with E-state index in [2.05, 4.69) is 19.2 Å². The number of rotatable bonds is 5. The van der Waals surface area contributed by atoms with E-state index in [1.807, 2.05) is 6.92 Å². The standard InChI is InChI=1S/C15H22N2O3/c1-4-20-12-8-11(15(12,2)3)17-13-9(14(18)19)6-5-7-10(13)16/h5-7,11-12,17H,4,8,16H2,1-3H3,(H,18,19). The third-order valence-electron chi connectivity index (χ3n) is 4.19. The van der Waals surface area contributed by atoms with Gasteiger partial charge in [-0.2, -0.15) is 0 Å². The summed E-state index contributed by atoms with van der Waals surface area (Å²) in [6.45, 7) is 6.91. The van der Waals surface area contributed by atoms with Crippen molar-refractivity contribution >= 4 is 17.3 Å². The number of carboxylic acids is 1. The van der Waals surface area contributed by atoms with Gasteiger partial charge in [-0.3, -0.25) is 0 Å². The quantitative estimate of drug-likeness (QED) is 0.721. The molecule has 1 saturated carbocycles. The molecule has 1 aromatic rings. The summed E-state index contributed by atoms with van der Waals surface area (Å²) in [5.41, 5.74) is 7.04. The van der Waals surface area contributed by atoms with Crippen molar-refractivity contribution < 1.29 is 14.6 Å². The minimum Gasteiger partial charge on any atom is -0.478 e. The number of para-hydroxylation sites is 1. The molecule has 2 atom stereocenters. The molecule has 0 saturated heterocycles. The number of hydrogen-bond acceptors (Lipinski definition) is 4. The molecule has 4 N–H and O–H groups in total. The first-order valence-corrected chi connectivity index (χ1v) is 6.87. The Bertz CT molecular complexity index is 514. The predicted molar refractivity (Wildman–Crippen MR) is 79.0 cm³/mol. The molecular formula is C15H22N2O3. The fraction of sp³-hybridized carbons (Fsp3) is 0.533. The summed E-state index contributed by atoms with van der Waals surface area (Å²) in [6.07, 6.45) is 1.05. The number of hydrogen-bond donors (Lipinski definition) is 3. The SMILES string of the molecule is CCOC1CC(Nc2c(N)cccc2C(=O)O)C1(C)C. The summed E-state index contributed by atoms with van der Waals surface area (Å²) in [5, 5.41) is 12.5. The van der Waals surface area contributed by atoms with Crippen LogP contribution in [-0.4, -0.2) is 29.8 Å². The third-order valence-corrected chi connectivity index (χ3v) is 4.19. The van der Waals surface area contributed by atoms with Crippen LogP contribution in [0.5, 0.6) is 0 Å². The minimum absolute atomic E-state index is 0.0476. The maximum atomic E-state index is 11.3. The van der Waals surface area contributed by atoms with Crippen molar-refractivity contribution in [1.29, 1.82) is 0 Å². The van der Waals surface area contributed by atoms with Gasteiger partial charge in [-0.05, 0) is 25.5 Å². The fourth-order valence-electron chi connectivity index (χ4n) is 2.70. The van der Waals surface area contributed by atoms with Gasteiger partial charge in [0.15, 0.2) is 0 Å². The molecule has 0 spiro atoms. The highest BCUT2D eigenvalue weighted by Crippen LogP contribution is 2.45. The van der Waals surface area contributed by atoms with E-state index in [1.165, 1.54) is 0 Å². The molecular weight excluding hydrogens is 256 g/mol. The molecule has 0 bridgehead atoms. The van der Waals surface area contributed by atoms with E-state index in [0.717, 1.165) is 6.42 Å². The number of nitrogens with two attached hydrogens (primary N) is 1. The van der Waals surface area contributed by atoms with Crippen LogP contribution in [0.4, 0.5) is 11.4 Å². The number of carboxylic acid groups (broad SMARTS) is 1. The van der Waals surface area contributed by atoms with Gasteiger partial charge >= 0.3 is 5.97 Å². The summed E-state index contributed by atoms with van der Waals surface area (Å²) in [5.74, 6) is -0.974. The van der Waals surface area contributed by atoms with Crippen molar-refractivity contribution in [1.82, 2.24) is 0 Å². The second kappa shape index (κ2) is 5.32. The van der Waals surface area contributed by atoms with Gasteiger partial charge in [-0.1, -0.05) is 19.9 Å². The van der Waals surface area contributed by atoms with Crippen LogP contribution in [-0.2, 0) is 4.74 Å². The first-order chi connectivity index (χ1) is 9.37. The fourth-order valence-corrected chi connectivity index (χ4v) is 2.70. The number of aromatic carboxylic acids is 1. The normalized spacial score (nSPS) is 23.9. The minimum atomic E-state index is -0.974. The Morgan fingerprint density at radius 3 is 2.80 bits per heavy atom. The average Bonchev–Trinajstić information content (AvgIpc) is 2.39. The summed E-state index contributed by atoms with van der Waals surface area (Å²) in [7, 11) is 0. The first kappa shape index (κ1) is 14.7. The first-order valence-electron chi connectivity index (χ1n) is 6.87. The molecule has 0 aliphatic heterocycles. The van der Waals surface area contributed by atoms with Crippen molar-refractivity contribution in [3.05, 3.63) is 23.8 Å². The molecule has 110 valence electrons. The van der Waals surface area contributed by atoms with E-state index < -0.39 is 5.97 Å². The van der Waals surface area contributed by atoms with Gasteiger partial charge < -0.3 is 20.9 Å². The van der Waals surface area contributed by atoms with Crippen molar-refractivity contribution in [3.63, 3.8) is 0 Å². The third kappa shape index (κ3) is 2.45. The number of anilines is 2. The van der Waals surface area contributed by atoms with E-state index >= 15 is 0 Å². The van der Waals surface area contributed by atoms with E-state index in [0.29, 0.717) is 18.0 Å². The van der Waals surface area contributed by atoms with Gasteiger partial charge in [0, 0.05) is 18.1 Å². The largest absolute Gasteiger partial charge is 0.478 e. The van der Waals surface area contributed by atoms with Crippen molar-refractivity contribution in [2.45, 2.75) is 39.3 Å². The maximum absolute atomic E-state index is 11.3. The highest BCUT2D eigenvalue weighted by molar-refractivity contribution is 5.97. The number of nitrogen functional groups attached to an aromatic ring is 1. The zero-order chi connectivity index (χ0) is 14.9. The zero-order valence-electron chi connectivity index (χ0n) is 12.1. The molecule has 1 aromatic carbocycles. The van der Waals surface area contributed by atoms with Crippen LogP contribution in [0, 0.1) is 5.41 Å². The summed E-state index contributed by atoms with van der Waals surface area (Å²) >= 11 is 0. The van der Waals surface area contributed by atoms with Crippen LogP contribution in [0.15, 0.2) is 18.2 Å². The highest BCUT2D eigenvalue weighted by Gasteiger charge is 2.49. The van der Waals surface area contributed by atoms with Crippen LogP contribution in [0.1, 0.15) is 37.6 Å². The molecule has 1 fully saturated rings. The average molecular weight is 278 g/mol. The van der Waals surface area contributed by atoms with Gasteiger partial charge in [0.05, 0.1) is 23.0 Å². The van der Waals surface area contributed by atoms with Crippen LogP contribution in [0.3, 0.4) is 0 Å². The molecule has 1 aliphatic carbocycles. The number of benzene rings is 1. The predicted octanol–water partition coefficient (Wildman–Crippen LogP) is 2.58. The second-order valence-corrected chi connectivity index (χ2v) is 5.77. The van der Waals surface area contributed by atoms with Crippen LogP contribution in [0.2, 0.25) is 0 Å². The van der Waals surface area contributed by atoms with E-state index in [-0.39, 0.29) is 23.1 Å². The van der Waals surface area contributed by atoms with Gasteiger partial charge in [0.2, 0.25) is 0 Å². The van der Waals surface area contributed by atoms with Crippen LogP contribution >= 0.6 is 0 Å². The van der Waals surface area contributed by atoms with Crippen molar-refractivity contribution in [2.75, 3.05) is 17.7 Å². The summed E-state index contributed by atoms with van der Waals surface area (Å²) < 4.78 is 5.68. The van der Waals surface area contributed by atoms with E-state index in [1.54, 1.807) is 18.2 Å². The molecule has 2 unspecified atom stereocenters. The Kier molecular flexibility index (Phi) is 3.90. The molecule has 2 rings (SSSR count). The van der Waals surface area contributed by atoms with Crippen LogP contribution < -0.4 is 11.1 Å². The Morgan fingerprint density at radius 2 is 2.25 bits per heavy atom. The summed E-state index contributed by atoms with van der Waals surface area (Å²) in [6, 6.07) is 5.08. The lowest BCUT2D eigenvalue weighted by Gasteiger charge is -2.52. The van der Waals surface area contributed by atoms with Gasteiger partial charge in [-0.25, -0.2) is 4.79 Å². The molecule has 20 heavy (non-hydrogen) atoms. The summed E-state index contributed by atoms with van der Waals surface area (Å²) in [4.78, 5) is 11.3. The smallest absolute Gasteiger partial charge is 0.337 e. The monoisotopic (exact) mass is 278 g/mol. The van der Waals surface area contributed by atoms with Crippen LogP contribution in [0.25, 0.3) is 0 Å². The molecule has 1 aliphatic rings. The molecule has 0 amide bonds. The molecule has 0 radical (unpaired) electrons. The molecule has 5 heteroatoms. The van der Waals surface area contributed by atoms with Crippen molar-refractivity contribution in [2.24, 2.45) is 5.41 Å². The molecule has 5 nitrogen and oxygen atoms in total. The molecule has 0 heterocycles. The number of ether oxygens (including phenoxy) is 1. The second-order valence-electron chi connectivity index (χ2n) is 5.77. The topological polar surface area (TPSA) is 84.6 Å². The van der Waals surface area contributed by atoms with Gasteiger partial charge in [0.25, 0.3) is 0 Å². The van der Waals surface area contributed by atoms with Gasteiger partial charge in [-0.15, -0.1) is 0 Å². The van der Waals surface area contributed by atoms with Gasteiger partial charge in [0.1, 0.15) is 0 Å². The molecule has 0 aromatic heterocycles. The maximum Gasteiger partial charge on any atom is 0.337 e. The highest BCUT2D eigenvalue weighted by atomic mass is 16.5. The van der Waals surface area contributed by atoms with E-state index in [9.17, 15) is 9.90 Å². The lowest BCUT2D eigenvalue weighted by molar-refractivity contribution is -0.0975. The number of carbonyl (C=O) groups is 1. The Balaban J connectivity index is 2.18. The number of nitrogens with one attached hydrogen (secondary N) is 1.